The second kappa shape index (κ2) is 4.73. The van der Waals surface area contributed by atoms with Gasteiger partial charge in [-0.05, 0) is 25.1 Å². The molecular formula is C11H9ClN2O2S. The van der Waals surface area contributed by atoms with Gasteiger partial charge in [0.15, 0.2) is 5.13 Å². The first-order chi connectivity index (χ1) is 8.06. The van der Waals surface area contributed by atoms with Crippen molar-refractivity contribution in [2.75, 3.05) is 5.32 Å². The molecule has 0 radical (unpaired) electrons. The fraction of sp³-hybridized carbons (Fsp3) is 0.0909. The number of anilines is 1. The van der Waals surface area contributed by atoms with Crippen molar-refractivity contribution in [1.82, 2.24) is 4.98 Å². The molecule has 0 spiro atoms. The molecule has 0 aliphatic rings. The van der Waals surface area contributed by atoms with Gasteiger partial charge in [-0.25, -0.2) is 4.98 Å². The standard InChI is InChI=1S/C11H9ClN2O2S/c1-6-5-17-11(13-6)14-10(16)8-3-2-7(12)4-9(8)15/h2-5,15H,1H3,(H,13,14,16). The summed E-state index contributed by atoms with van der Waals surface area (Å²) in [6, 6.07) is 4.33. The summed E-state index contributed by atoms with van der Waals surface area (Å²) in [4.78, 5) is 15.9. The first kappa shape index (κ1) is 11.9. The zero-order valence-corrected chi connectivity index (χ0v) is 10.5. The number of hydrogen-bond acceptors (Lipinski definition) is 4. The van der Waals surface area contributed by atoms with E-state index in [1.54, 1.807) is 6.07 Å². The van der Waals surface area contributed by atoms with Gasteiger partial charge in [0.2, 0.25) is 0 Å². The summed E-state index contributed by atoms with van der Waals surface area (Å²) in [6.45, 7) is 1.84. The molecule has 1 aromatic heterocycles. The monoisotopic (exact) mass is 268 g/mol. The van der Waals surface area contributed by atoms with Crippen LogP contribution in [0.15, 0.2) is 23.6 Å². The number of nitrogens with zero attached hydrogens (tertiary/aromatic N) is 1. The Labute approximate surface area is 107 Å². The van der Waals surface area contributed by atoms with Crippen LogP contribution in [0.2, 0.25) is 5.02 Å². The van der Waals surface area contributed by atoms with E-state index in [0.29, 0.717) is 10.2 Å². The van der Waals surface area contributed by atoms with Crippen molar-refractivity contribution in [1.29, 1.82) is 0 Å². The van der Waals surface area contributed by atoms with Crippen molar-refractivity contribution in [3.63, 3.8) is 0 Å². The minimum absolute atomic E-state index is 0.150. The molecule has 6 heteroatoms. The summed E-state index contributed by atoms with van der Waals surface area (Å²) in [6.07, 6.45) is 0. The molecule has 4 nitrogen and oxygen atoms in total. The predicted molar refractivity (Wildman–Crippen MR) is 67.9 cm³/mol. The predicted octanol–water partition coefficient (Wildman–Crippen LogP) is 3.06. The van der Waals surface area contributed by atoms with E-state index in [0.717, 1.165) is 5.69 Å². The van der Waals surface area contributed by atoms with Crippen LogP contribution in [0.4, 0.5) is 5.13 Å². The van der Waals surface area contributed by atoms with Crippen LogP contribution in [-0.2, 0) is 0 Å². The number of aromatic nitrogens is 1. The number of nitrogens with one attached hydrogen (secondary N) is 1. The van der Waals surface area contributed by atoms with Gasteiger partial charge in [0.1, 0.15) is 5.75 Å². The molecule has 0 saturated carbocycles. The minimum Gasteiger partial charge on any atom is -0.507 e. The average molecular weight is 269 g/mol. The normalized spacial score (nSPS) is 10.2. The number of halogens is 1. The maximum atomic E-state index is 11.8. The highest BCUT2D eigenvalue weighted by Gasteiger charge is 2.12. The van der Waals surface area contributed by atoms with Gasteiger partial charge in [0.25, 0.3) is 5.91 Å². The highest BCUT2D eigenvalue weighted by atomic mass is 35.5. The van der Waals surface area contributed by atoms with Crippen LogP contribution >= 0.6 is 22.9 Å². The molecule has 0 unspecified atom stereocenters. The van der Waals surface area contributed by atoms with Gasteiger partial charge in [-0.15, -0.1) is 11.3 Å². The molecule has 1 aromatic carbocycles. The molecule has 1 amide bonds. The van der Waals surface area contributed by atoms with Crippen LogP contribution in [0.1, 0.15) is 16.1 Å². The van der Waals surface area contributed by atoms with Crippen LogP contribution in [0.25, 0.3) is 0 Å². The maximum Gasteiger partial charge on any atom is 0.261 e. The van der Waals surface area contributed by atoms with Crippen molar-refractivity contribution in [2.24, 2.45) is 0 Å². The summed E-state index contributed by atoms with van der Waals surface area (Å²) in [5, 5.41) is 14.9. The Morgan fingerprint density at radius 2 is 2.29 bits per heavy atom. The molecular weight excluding hydrogens is 260 g/mol. The topological polar surface area (TPSA) is 62.2 Å². The van der Waals surface area contributed by atoms with Gasteiger partial charge in [0, 0.05) is 10.4 Å². The van der Waals surface area contributed by atoms with Gasteiger partial charge >= 0.3 is 0 Å². The molecule has 0 atom stereocenters. The van der Waals surface area contributed by atoms with Crippen molar-refractivity contribution in [3.8, 4) is 5.75 Å². The second-order valence-electron chi connectivity index (χ2n) is 3.41. The number of amides is 1. The van der Waals surface area contributed by atoms with Crippen molar-refractivity contribution < 1.29 is 9.90 Å². The highest BCUT2D eigenvalue weighted by Crippen LogP contribution is 2.23. The first-order valence-electron chi connectivity index (χ1n) is 4.78. The summed E-state index contributed by atoms with van der Waals surface area (Å²) >= 11 is 7.01. The largest absolute Gasteiger partial charge is 0.507 e. The van der Waals surface area contributed by atoms with Crippen LogP contribution in [0.5, 0.6) is 5.75 Å². The van der Waals surface area contributed by atoms with E-state index in [1.807, 2.05) is 12.3 Å². The van der Waals surface area contributed by atoms with Crippen molar-refractivity contribution in [2.45, 2.75) is 6.92 Å². The summed E-state index contributed by atoms with van der Waals surface area (Å²) in [7, 11) is 0. The van der Waals surface area contributed by atoms with E-state index in [9.17, 15) is 9.90 Å². The molecule has 0 bridgehead atoms. The fourth-order valence-electron chi connectivity index (χ4n) is 1.27. The van der Waals surface area contributed by atoms with E-state index < -0.39 is 5.91 Å². The van der Waals surface area contributed by atoms with Gasteiger partial charge in [-0.3, -0.25) is 10.1 Å². The van der Waals surface area contributed by atoms with Gasteiger partial charge in [-0.1, -0.05) is 11.6 Å². The lowest BCUT2D eigenvalue weighted by molar-refractivity contribution is 0.102. The van der Waals surface area contributed by atoms with E-state index in [-0.39, 0.29) is 11.3 Å². The lowest BCUT2D eigenvalue weighted by atomic mass is 10.2. The average Bonchev–Trinajstić information content (AvgIpc) is 2.63. The Balaban J connectivity index is 2.20. The summed E-state index contributed by atoms with van der Waals surface area (Å²) in [5.74, 6) is -0.559. The molecule has 2 N–H and O–H groups in total. The maximum absolute atomic E-state index is 11.8. The van der Waals surface area contributed by atoms with E-state index >= 15 is 0 Å². The molecule has 0 fully saturated rings. The number of carbonyl (C=O) groups excluding carboxylic acids is 1. The molecule has 0 saturated heterocycles. The number of hydrogen-bond donors (Lipinski definition) is 2. The summed E-state index contributed by atoms with van der Waals surface area (Å²) in [5.41, 5.74) is 1.01. The quantitative estimate of drug-likeness (QED) is 0.880. The number of benzene rings is 1. The SMILES string of the molecule is Cc1csc(NC(=O)c2ccc(Cl)cc2O)n1. The number of carbonyl (C=O) groups is 1. The first-order valence-corrected chi connectivity index (χ1v) is 6.04. The zero-order valence-electron chi connectivity index (χ0n) is 8.90. The fourth-order valence-corrected chi connectivity index (χ4v) is 2.12. The van der Waals surface area contributed by atoms with Crippen LogP contribution in [-0.4, -0.2) is 16.0 Å². The third kappa shape index (κ3) is 2.75. The Kier molecular flexibility index (Phi) is 3.31. The Morgan fingerprint density at radius 1 is 1.53 bits per heavy atom. The molecule has 1 heterocycles. The third-order valence-corrected chi connectivity index (χ3v) is 3.15. The van der Waals surface area contributed by atoms with E-state index in [4.69, 9.17) is 11.6 Å². The van der Waals surface area contributed by atoms with Gasteiger partial charge in [-0.2, -0.15) is 0 Å². The van der Waals surface area contributed by atoms with Gasteiger partial charge in [0.05, 0.1) is 11.3 Å². The van der Waals surface area contributed by atoms with Crippen LogP contribution in [0.3, 0.4) is 0 Å². The van der Waals surface area contributed by atoms with Crippen LogP contribution in [0, 0.1) is 6.92 Å². The molecule has 2 rings (SSSR count). The van der Waals surface area contributed by atoms with E-state index in [1.165, 1.54) is 23.5 Å². The van der Waals surface area contributed by atoms with Crippen molar-refractivity contribution in [3.05, 3.63) is 39.9 Å². The Morgan fingerprint density at radius 3 is 2.88 bits per heavy atom. The lowest BCUT2D eigenvalue weighted by Gasteiger charge is -2.04. The number of phenolic OH excluding ortho intramolecular Hbond substituents is 1. The second-order valence-corrected chi connectivity index (χ2v) is 4.70. The molecule has 2 aromatic rings. The Bertz CT molecular complexity index is 568. The Hall–Kier alpha value is -1.59. The molecule has 0 aliphatic heterocycles. The number of aryl methyl sites for hydroxylation is 1. The van der Waals surface area contributed by atoms with Gasteiger partial charge < -0.3 is 5.11 Å². The number of thiazole rings is 1. The number of phenols is 1. The molecule has 88 valence electrons. The highest BCUT2D eigenvalue weighted by molar-refractivity contribution is 7.13. The lowest BCUT2D eigenvalue weighted by Crippen LogP contribution is -2.11. The smallest absolute Gasteiger partial charge is 0.261 e. The van der Waals surface area contributed by atoms with E-state index in [2.05, 4.69) is 10.3 Å². The zero-order chi connectivity index (χ0) is 12.4. The third-order valence-electron chi connectivity index (χ3n) is 2.04. The van der Waals surface area contributed by atoms with Crippen LogP contribution < -0.4 is 5.32 Å². The molecule has 0 aliphatic carbocycles. The minimum atomic E-state index is -0.409. The number of aromatic hydroxyl groups is 1. The summed E-state index contributed by atoms with van der Waals surface area (Å²) < 4.78 is 0. The van der Waals surface area contributed by atoms with Crippen molar-refractivity contribution >= 4 is 34.0 Å². The number of rotatable bonds is 2. The molecule has 17 heavy (non-hydrogen) atoms.